The van der Waals surface area contributed by atoms with E-state index in [2.05, 4.69) is 105 Å². The van der Waals surface area contributed by atoms with E-state index in [-0.39, 0.29) is 0 Å². The minimum atomic E-state index is -0.665. The fraction of sp³-hybridized carbons (Fsp3) is 0.0303. The molecule has 8 aromatic rings. The topological polar surface area (TPSA) is 47.7 Å². The largest absolute Gasteiger partial charge is 0.456 e. The summed E-state index contributed by atoms with van der Waals surface area (Å²) < 4.78 is 14.1. The Morgan fingerprint density at radius 2 is 1.38 bits per heavy atom. The fourth-order valence-corrected chi connectivity index (χ4v) is 7.84. The van der Waals surface area contributed by atoms with E-state index in [0.29, 0.717) is 0 Å². The molecule has 178 valence electrons. The maximum atomic E-state index is 6.80. The van der Waals surface area contributed by atoms with Gasteiger partial charge in [-0.3, -0.25) is 9.97 Å². The predicted octanol–water partition coefficient (Wildman–Crippen LogP) is 5.64. The highest BCUT2D eigenvalue weighted by molar-refractivity contribution is 6.23. The van der Waals surface area contributed by atoms with Crippen LogP contribution in [0.3, 0.4) is 0 Å². The van der Waals surface area contributed by atoms with Crippen molar-refractivity contribution in [1.29, 1.82) is 0 Å². The standard InChI is InChI=1S/C33H17N5O/c1-2-8-22-18(6-1)19-10-12-24-28-32(19)38(22)25-9-3-4-16-36(25)33(28)27-23(39-24)13-11-20-26(27)31-21(7-5-17-37(31)33)30-29(20)34-14-15-35-30/h1-17H/q+2. The van der Waals surface area contributed by atoms with Crippen molar-refractivity contribution < 1.29 is 13.9 Å². The number of nitrogens with zero attached hydrogens (tertiary/aromatic N) is 5. The summed E-state index contributed by atoms with van der Waals surface area (Å²) >= 11 is 0. The lowest BCUT2D eigenvalue weighted by Gasteiger charge is -2.34. The fourth-order valence-electron chi connectivity index (χ4n) is 7.84. The van der Waals surface area contributed by atoms with Crippen LogP contribution in [-0.4, -0.2) is 14.5 Å². The molecule has 0 amide bonds. The average Bonchev–Trinajstić information content (AvgIpc) is 3.50. The summed E-state index contributed by atoms with van der Waals surface area (Å²) in [5, 5.41) is 5.86. The van der Waals surface area contributed by atoms with Crippen molar-refractivity contribution in [3.8, 4) is 17.3 Å². The Kier molecular flexibility index (Phi) is 2.83. The van der Waals surface area contributed by atoms with Crippen molar-refractivity contribution in [2.45, 2.75) is 5.66 Å². The third-order valence-electron chi connectivity index (χ3n) is 9.09. The summed E-state index contributed by atoms with van der Waals surface area (Å²) in [6.45, 7) is 0. The Hall–Kier alpha value is -5.36. The van der Waals surface area contributed by atoms with E-state index >= 15 is 0 Å². The molecule has 3 aliphatic rings. The number of aromatic nitrogens is 5. The second-order valence-corrected chi connectivity index (χ2v) is 10.6. The maximum Gasteiger partial charge on any atom is 0.374 e. The SMILES string of the molecule is c1cc[n+]2c(c1)-n1c3ccccc3c3ccc4c(c31)C21c2c(ccc3c5nccnc5c5ccc[n+]1c5c23)O4. The number of para-hydroxylation sites is 1. The molecule has 39 heavy (non-hydrogen) atoms. The lowest BCUT2D eigenvalue weighted by atomic mass is 9.83. The molecular weight excluding hydrogens is 482 g/mol. The first-order chi connectivity index (χ1) is 19.4. The molecular formula is C33H17N5O+2. The number of ether oxygens (including phenoxy) is 1. The lowest BCUT2D eigenvalue weighted by molar-refractivity contribution is -0.956. The first-order valence-corrected chi connectivity index (χ1v) is 13.2. The van der Waals surface area contributed by atoms with Crippen molar-refractivity contribution in [3.05, 3.63) is 115 Å². The van der Waals surface area contributed by atoms with Gasteiger partial charge in [-0.1, -0.05) is 18.2 Å². The van der Waals surface area contributed by atoms with Crippen LogP contribution >= 0.6 is 0 Å². The van der Waals surface area contributed by atoms with Crippen LogP contribution in [0.15, 0.2) is 104 Å². The normalized spacial score (nSPS) is 17.5. The van der Waals surface area contributed by atoms with E-state index in [9.17, 15) is 0 Å². The van der Waals surface area contributed by atoms with Crippen LogP contribution in [0.5, 0.6) is 11.5 Å². The van der Waals surface area contributed by atoms with E-state index in [4.69, 9.17) is 14.7 Å². The van der Waals surface area contributed by atoms with Crippen LogP contribution in [0.25, 0.3) is 60.3 Å². The predicted molar refractivity (Wildman–Crippen MR) is 147 cm³/mol. The van der Waals surface area contributed by atoms with Gasteiger partial charge in [-0.05, 0) is 48.5 Å². The zero-order valence-electron chi connectivity index (χ0n) is 20.5. The molecule has 0 saturated carbocycles. The first-order valence-electron chi connectivity index (χ1n) is 13.2. The summed E-state index contributed by atoms with van der Waals surface area (Å²) in [6, 6.07) is 28.1. The molecule has 1 atom stereocenters. The lowest BCUT2D eigenvalue weighted by Crippen LogP contribution is -2.75. The Morgan fingerprint density at radius 3 is 2.31 bits per heavy atom. The van der Waals surface area contributed by atoms with Crippen LogP contribution < -0.4 is 13.9 Å². The second-order valence-electron chi connectivity index (χ2n) is 10.6. The molecule has 6 nitrogen and oxygen atoms in total. The van der Waals surface area contributed by atoms with Gasteiger partial charge < -0.3 is 4.74 Å². The summed E-state index contributed by atoms with van der Waals surface area (Å²) in [5.41, 5.74) is 7.06. The maximum absolute atomic E-state index is 6.80. The van der Waals surface area contributed by atoms with E-state index in [1.807, 2.05) is 0 Å². The molecule has 4 aromatic heterocycles. The van der Waals surface area contributed by atoms with Gasteiger partial charge in [-0.25, -0.2) is 0 Å². The van der Waals surface area contributed by atoms with Crippen molar-refractivity contribution in [1.82, 2.24) is 14.5 Å². The third kappa shape index (κ3) is 1.77. The van der Waals surface area contributed by atoms with E-state index < -0.39 is 5.66 Å². The molecule has 3 aliphatic heterocycles. The number of hydrogen-bond acceptors (Lipinski definition) is 3. The highest BCUT2D eigenvalue weighted by atomic mass is 16.5. The monoisotopic (exact) mass is 499 g/mol. The second kappa shape index (κ2) is 5.87. The summed E-state index contributed by atoms with van der Waals surface area (Å²) in [7, 11) is 0. The van der Waals surface area contributed by atoms with Crippen molar-refractivity contribution >= 4 is 54.5 Å². The van der Waals surface area contributed by atoms with Crippen molar-refractivity contribution in [2.24, 2.45) is 0 Å². The molecule has 0 bridgehead atoms. The Balaban J connectivity index is 1.51. The van der Waals surface area contributed by atoms with Crippen LogP contribution in [0.1, 0.15) is 11.1 Å². The van der Waals surface area contributed by atoms with Crippen LogP contribution in [0, 0.1) is 0 Å². The van der Waals surface area contributed by atoms with Crippen molar-refractivity contribution in [2.75, 3.05) is 0 Å². The molecule has 7 heterocycles. The molecule has 0 saturated heterocycles. The zero-order valence-corrected chi connectivity index (χ0v) is 20.5. The van der Waals surface area contributed by atoms with Gasteiger partial charge in [0.05, 0.1) is 22.5 Å². The van der Waals surface area contributed by atoms with Gasteiger partial charge in [-0.2, -0.15) is 9.13 Å². The Bertz CT molecular complexity index is 2490. The van der Waals surface area contributed by atoms with Crippen LogP contribution in [-0.2, 0) is 5.66 Å². The van der Waals surface area contributed by atoms with E-state index in [0.717, 1.165) is 50.2 Å². The summed E-state index contributed by atoms with van der Waals surface area (Å²) in [6.07, 6.45) is 8.02. The smallest absolute Gasteiger partial charge is 0.374 e. The van der Waals surface area contributed by atoms with Gasteiger partial charge in [0.2, 0.25) is 5.52 Å². The van der Waals surface area contributed by atoms with Gasteiger partial charge in [0.15, 0.2) is 17.3 Å². The van der Waals surface area contributed by atoms with Gasteiger partial charge in [-0.15, -0.1) is 4.57 Å². The molecule has 1 spiro atoms. The minimum absolute atomic E-state index is 0.665. The number of benzene rings is 4. The number of fused-ring (bicyclic) bond motifs is 8. The van der Waals surface area contributed by atoms with Gasteiger partial charge in [0, 0.05) is 40.7 Å². The van der Waals surface area contributed by atoms with Crippen LogP contribution in [0.2, 0.25) is 0 Å². The summed E-state index contributed by atoms with van der Waals surface area (Å²) in [5.74, 6) is 2.89. The number of hydrogen-bond donors (Lipinski definition) is 0. The molecule has 1 unspecified atom stereocenters. The van der Waals surface area contributed by atoms with Gasteiger partial charge in [0.25, 0.3) is 5.82 Å². The minimum Gasteiger partial charge on any atom is -0.456 e. The highest BCUT2D eigenvalue weighted by Crippen LogP contribution is 2.57. The van der Waals surface area contributed by atoms with Gasteiger partial charge >= 0.3 is 5.66 Å². The zero-order chi connectivity index (χ0) is 25.0. The molecule has 6 heteroatoms. The Morgan fingerprint density at radius 1 is 0.641 bits per heavy atom. The first kappa shape index (κ1) is 18.8. The summed E-state index contributed by atoms with van der Waals surface area (Å²) in [4.78, 5) is 9.65. The molecule has 0 aliphatic carbocycles. The quantitative estimate of drug-likeness (QED) is 0.201. The molecule has 11 rings (SSSR count). The highest BCUT2D eigenvalue weighted by Gasteiger charge is 2.66. The molecule has 4 aromatic carbocycles. The van der Waals surface area contributed by atoms with Crippen molar-refractivity contribution in [3.63, 3.8) is 0 Å². The Labute approximate surface area is 220 Å². The molecule has 0 radical (unpaired) electrons. The molecule has 0 fully saturated rings. The number of pyridine rings is 2. The van der Waals surface area contributed by atoms with Crippen LogP contribution in [0.4, 0.5) is 0 Å². The molecule has 0 N–H and O–H groups in total. The number of rotatable bonds is 0. The average molecular weight is 500 g/mol. The third-order valence-corrected chi connectivity index (χ3v) is 9.09. The van der Waals surface area contributed by atoms with E-state index in [1.165, 1.54) is 32.8 Å². The van der Waals surface area contributed by atoms with Gasteiger partial charge in [0.1, 0.15) is 28.1 Å². The van der Waals surface area contributed by atoms with E-state index in [1.54, 1.807) is 12.4 Å².